The number of carboxylic acids is 1. The van der Waals surface area contributed by atoms with E-state index in [4.69, 9.17) is 20.4 Å². The van der Waals surface area contributed by atoms with Crippen molar-refractivity contribution in [2.45, 2.75) is 30.7 Å². The van der Waals surface area contributed by atoms with E-state index in [9.17, 15) is 9.90 Å². The van der Waals surface area contributed by atoms with Gasteiger partial charge in [-0.25, -0.2) is 0 Å². The number of hydrogen-bond acceptors (Lipinski definition) is 7. The molecule has 7 nitrogen and oxygen atoms in total. The van der Waals surface area contributed by atoms with Gasteiger partial charge in [-0.1, -0.05) is 0 Å². The predicted octanol–water partition coefficient (Wildman–Crippen LogP) is -4.46. The van der Waals surface area contributed by atoms with Gasteiger partial charge in [0.1, 0.15) is 24.4 Å². The predicted molar refractivity (Wildman–Crippen MR) is 33.9 cm³/mol. The van der Waals surface area contributed by atoms with E-state index in [0.29, 0.717) is 0 Å². The quantitative estimate of drug-likeness (QED) is 0.330. The number of carbonyl (C=O) groups is 1. The Morgan fingerprint density at radius 3 is 2.08 bits per heavy atom. The van der Waals surface area contributed by atoms with Gasteiger partial charge in [-0.3, -0.25) is 0 Å². The number of aliphatic hydroxyl groups excluding tert-OH is 4. The first kappa shape index (κ1) is 10.4. The Kier molecular flexibility index (Phi) is 2.84. The average molecular weight is 193 g/mol. The first-order valence-corrected chi connectivity index (χ1v) is 3.53. The number of hydrogen-bond donors (Lipinski definition) is 4. The SMILES string of the molecule is O=C([O-])[C@H]1O[C@@H](O)[C@@H](O)[C@@H](O)[C@@H]1O. The zero-order valence-corrected chi connectivity index (χ0v) is 6.40. The van der Waals surface area contributed by atoms with Crippen LogP contribution in [0.5, 0.6) is 0 Å². The van der Waals surface area contributed by atoms with Gasteiger partial charge in [-0.05, 0) is 0 Å². The first-order chi connectivity index (χ1) is 5.95. The van der Waals surface area contributed by atoms with Crippen molar-refractivity contribution in [2.75, 3.05) is 0 Å². The van der Waals surface area contributed by atoms with E-state index in [1.165, 1.54) is 0 Å². The smallest absolute Gasteiger partial charge is 0.184 e. The highest BCUT2D eigenvalue weighted by atomic mass is 16.6. The highest BCUT2D eigenvalue weighted by Gasteiger charge is 2.43. The van der Waals surface area contributed by atoms with Gasteiger partial charge in [0.2, 0.25) is 0 Å². The second-order valence-corrected chi connectivity index (χ2v) is 2.74. The van der Waals surface area contributed by atoms with E-state index in [-0.39, 0.29) is 0 Å². The molecule has 0 radical (unpaired) electrons. The van der Waals surface area contributed by atoms with Crippen molar-refractivity contribution >= 4 is 5.97 Å². The lowest BCUT2D eigenvalue weighted by molar-refractivity contribution is -0.345. The molecule has 0 unspecified atom stereocenters. The summed E-state index contributed by atoms with van der Waals surface area (Å²) in [5, 5.41) is 46.1. The maximum atomic E-state index is 10.3. The summed E-state index contributed by atoms with van der Waals surface area (Å²) in [5.41, 5.74) is 0. The molecule has 0 aromatic rings. The molecule has 4 N–H and O–H groups in total. The Morgan fingerprint density at radius 2 is 1.62 bits per heavy atom. The molecule has 1 rings (SSSR count). The van der Waals surface area contributed by atoms with Crippen LogP contribution in [-0.4, -0.2) is 57.1 Å². The third-order valence-corrected chi connectivity index (χ3v) is 1.82. The minimum absolute atomic E-state index is 1.73. The third-order valence-electron chi connectivity index (χ3n) is 1.82. The van der Waals surface area contributed by atoms with Crippen molar-refractivity contribution in [1.29, 1.82) is 0 Å². The van der Waals surface area contributed by atoms with Crippen molar-refractivity contribution in [1.82, 2.24) is 0 Å². The Balaban J connectivity index is 2.76. The zero-order chi connectivity index (χ0) is 10.2. The molecular weight excluding hydrogens is 184 g/mol. The van der Waals surface area contributed by atoms with Gasteiger partial charge >= 0.3 is 0 Å². The van der Waals surface area contributed by atoms with E-state index in [2.05, 4.69) is 4.74 Å². The van der Waals surface area contributed by atoms with E-state index >= 15 is 0 Å². The largest absolute Gasteiger partial charge is 0.547 e. The molecule has 1 saturated heterocycles. The van der Waals surface area contributed by atoms with Crippen LogP contribution < -0.4 is 5.11 Å². The maximum Gasteiger partial charge on any atom is 0.184 e. The molecule has 0 saturated carbocycles. The van der Waals surface area contributed by atoms with Crippen molar-refractivity contribution < 1.29 is 35.1 Å². The molecule has 5 atom stereocenters. The molecule has 1 aliphatic rings. The molecule has 76 valence electrons. The van der Waals surface area contributed by atoms with Crippen LogP contribution in [0.15, 0.2) is 0 Å². The van der Waals surface area contributed by atoms with Crippen molar-refractivity contribution in [2.24, 2.45) is 0 Å². The Bertz CT molecular complexity index is 205. The lowest BCUT2D eigenvalue weighted by atomic mass is 9.99. The summed E-state index contributed by atoms with van der Waals surface area (Å²) in [6, 6.07) is 0. The summed E-state index contributed by atoms with van der Waals surface area (Å²) in [6.07, 6.45) is -9.00. The molecule has 0 amide bonds. The van der Waals surface area contributed by atoms with Crippen LogP contribution >= 0.6 is 0 Å². The summed E-state index contributed by atoms with van der Waals surface area (Å²) in [7, 11) is 0. The van der Waals surface area contributed by atoms with Gasteiger partial charge < -0.3 is 35.1 Å². The number of carboxylic acid groups (broad SMARTS) is 1. The molecule has 1 heterocycles. The normalized spacial score (nSPS) is 46.0. The van der Waals surface area contributed by atoms with Crippen molar-refractivity contribution in [3.63, 3.8) is 0 Å². The summed E-state index contributed by atoms with van der Waals surface area (Å²) < 4.78 is 4.28. The molecular formula is C6H9O7-. The third kappa shape index (κ3) is 1.79. The Morgan fingerprint density at radius 1 is 1.08 bits per heavy atom. The van der Waals surface area contributed by atoms with Gasteiger partial charge in [0.25, 0.3) is 0 Å². The molecule has 7 heteroatoms. The van der Waals surface area contributed by atoms with Crippen LogP contribution in [0.3, 0.4) is 0 Å². The highest BCUT2D eigenvalue weighted by molar-refractivity contribution is 5.71. The van der Waals surface area contributed by atoms with Crippen molar-refractivity contribution in [3.05, 3.63) is 0 Å². The van der Waals surface area contributed by atoms with Crippen LogP contribution in [0, 0.1) is 0 Å². The average Bonchev–Trinajstić information content (AvgIpc) is 2.07. The molecule has 13 heavy (non-hydrogen) atoms. The monoisotopic (exact) mass is 193 g/mol. The van der Waals surface area contributed by atoms with Gasteiger partial charge in [0, 0.05) is 0 Å². The van der Waals surface area contributed by atoms with Crippen LogP contribution in [0.25, 0.3) is 0 Å². The number of carbonyl (C=O) groups excluding carboxylic acids is 1. The molecule has 0 aromatic heterocycles. The fourth-order valence-electron chi connectivity index (χ4n) is 1.06. The van der Waals surface area contributed by atoms with Crippen LogP contribution in [0.1, 0.15) is 0 Å². The number of rotatable bonds is 1. The Hall–Kier alpha value is -0.730. The number of aliphatic hydroxyl groups is 4. The Labute approximate surface area is 72.8 Å². The van der Waals surface area contributed by atoms with Gasteiger partial charge in [-0.2, -0.15) is 0 Å². The van der Waals surface area contributed by atoms with Crippen LogP contribution in [0.4, 0.5) is 0 Å². The van der Waals surface area contributed by atoms with Crippen molar-refractivity contribution in [3.8, 4) is 0 Å². The van der Waals surface area contributed by atoms with Gasteiger partial charge in [0.05, 0.1) is 5.97 Å². The van der Waals surface area contributed by atoms with E-state index in [0.717, 1.165) is 0 Å². The van der Waals surface area contributed by atoms with Crippen LogP contribution in [-0.2, 0) is 9.53 Å². The minimum Gasteiger partial charge on any atom is -0.547 e. The first-order valence-electron chi connectivity index (χ1n) is 3.53. The maximum absolute atomic E-state index is 10.3. The fraction of sp³-hybridized carbons (Fsp3) is 0.833. The van der Waals surface area contributed by atoms with Gasteiger partial charge in [-0.15, -0.1) is 0 Å². The van der Waals surface area contributed by atoms with E-state index in [1.54, 1.807) is 0 Å². The molecule has 1 fully saturated rings. The topological polar surface area (TPSA) is 130 Å². The summed E-state index contributed by atoms with van der Waals surface area (Å²) in [6.45, 7) is 0. The second kappa shape index (κ2) is 3.56. The highest BCUT2D eigenvalue weighted by Crippen LogP contribution is 2.19. The lowest BCUT2D eigenvalue weighted by Crippen LogP contribution is -2.62. The standard InChI is InChI=1S/C6H10O7/c7-1-2(8)4(5(10)11)13-6(12)3(1)9/h1-4,6-9,12H,(H,10,11)/p-1/t1-,2-,3-,4-,6+/m0/s1. The minimum atomic E-state index is -1.85. The number of ether oxygens (including phenoxy) is 1. The number of aliphatic carboxylic acids is 1. The van der Waals surface area contributed by atoms with Crippen LogP contribution in [0.2, 0.25) is 0 Å². The van der Waals surface area contributed by atoms with E-state index < -0.39 is 36.7 Å². The van der Waals surface area contributed by atoms with Gasteiger partial charge in [0.15, 0.2) is 6.29 Å². The van der Waals surface area contributed by atoms with E-state index in [1.807, 2.05) is 0 Å². The molecule has 1 aliphatic heterocycles. The molecule has 0 bridgehead atoms. The zero-order valence-electron chi connectivity index (χ0n) is 6.40. The molecule has 0 spiro atoms. The molecule has 0 aliphatic carbocycles. The summed E-state index contributed by atoms with van der Waals surface area (Å²) >= 11 is 0. The fourth-order valence-corrected chi connectivity index (χ4v) is 1.06. The summed E-state index contributed by atoms with van der Waals surface area (Å²) in [4.78, 5) is 10.3. The molecule has 0 aromatic carbocycles. The lowest BCUT2D eigenvalue weighted by Gasteiger charge is -2.38. The second-order valence-electron chi connectivity index (χ2n) is 2.74. The summed E-state index contributed by atoms with van der Waals surface area (Å²) in [5.74, 6) is -1.77.